The summed E-state index contributed by atoms with van der Waals surface area (Å²) in [5.74, 6) is -0.697. The summed E-state index contributed by atoms with van der Waals surface area (Å²) < 4.78 is 29.6. The van der Waals surface area contributed by atoms with Crippen LogP contribution in [0.5, 0.6) is 0 Å². The predicted molar refractivity (Wildman–Crippen MR) is 161 cm³/mol. The topological polar surface area (TPSA) is 86.8 Å². The van der Waals surface area contributed by atoms with Gasteiger partial charge in [-0.1, -0.05) is 89.3 Å². The Hall–Kier alpha value is -3.17. The number of hydrogen-bond donors (Lipinski definition) is 1. The Labute approximate surface area is 245 Å². The number of hydrogen-bond acceptors (Lipinski definition) is 4. The number of rotatable bonds is 10. The van der Waals surface area contributed by atoms with Gasteiger partial charge in [-0.15, -0.1) is 0 Å². The SMILES string of the molecule is Cc1ccc(S(=O)(=O)N(CC(=O)N(Cc2ccccc2)[C@H](C)C(=O)NC2CCCCC2)c2cccc(Br)c2)cc1. The van der Waals surface area contributed by atoms with Crippen LogP contribution in [-0.2, 0) is 26.2 Å². The van der Waals surface area contributed by atoms with E-state index in [0.29, 0.717) is 10.2 Å². The van der Waals surface area contributed by atoms with Gasteiger partial charge < -0.3 is 10.2 Å². The fourth-order valence-corrected chi connectivity index (χ4v) is 6.72. The maximum Gasteiger partial charge on any atom is 0.264 e. The van der Waals surface area contributed by atoms with E-state index in [2.05, 4.69) is 21.2 Å². The van der Waals surface area contributed by atoms with Crippen LogP contribution in [0.3, 0.4) is 0 Å². The molecule has 40 heavy (non-hydrogen) atoms. The number of halogens is 1. The average molecular weight is 627 g/mol. The summed E-state index contributed by atoms with van der Waals surface area (Å²) >= 11 is 3.42. The largest absolute Gasteiger partial charge is 0.352 e. The number of amides is 2. The minimum atomic E-state index is -4.09. The van der Waals surface area contributed by atoms with E-state index >= 15 is 0 Å². The molecule has 1 aliphatic carbocycles. The second-order valence-corrected chi connectivity index (χ2v) is 13.1. The van der Waals surface area contributed by atoms with Gasteiger partial charge in [-0.25, -0.2) is 8.42 Å². The lowest BCUT2D eigenvalue weighted by molar-refractivity contribution is -0.139. The number of benzene rings is 3. The molecule has 0 heterocycles. The zero-order valence-corrected chi connectivity index (χ0v) is 25.3. The summed E-state index contributed by atoms with van der Waals surface area (Å²) in [4.78, 5) is 28.9. The monoisotopic (exact) mass is 625 g/mol. The Bertz CT molecular complexity index is 1410. The Balaban J connectivity index is 1.66. The second kappa shape index (κ2) is 13.5. The van der Waals surface area contributed by atoms with Gasteiger partial charge in [0.1, 0.15) is 12.6 Å². The minimum absolute atomic E-state index is 0.0866. The van der Waals surface area contributed by atoms with E-state index in [1.54, 1.807) is 55.5 Å². The highest BCUT2D eigenvalue weighted by molar-refractivity contribution is 9.10. The third-order valence-electron chi connectivity index (χ3n) is 7.30. The van der Waals surface area contributed by atoms with E-state index < -0.39 is 28.5 Å². The lowest BCUT2D eigenvalue weighted by Gasteiger charge is -2.33. The normalized spacial score (nSPS) is 14.8. The molecule has 1 saturated carbocycles. The molecule has 0 saturated heterocycles. The Morgan fingerprint density at radius 2 is 1.62 bits per heavy atom. The average Bonchev–Trinajstić information content (AvgIpc) is 2.95. The molecule has 0 aromatic heterocycles. The van der Waals surface area contributed by atoms with Crippen molar-refractivity contribution in [2.24, 2.45) is 0 Å². The smallest absolute Gasteiger partial charge is 0.264 e. The standard InChI is InChI=1S/C31H36BrN3O4S/c1-23-16-18-29(19-17-23)40(38,39)35(28-15-9-12-26(32)20-28)22-30(36)34(21-25-10-5-3-6-11-25)24(2)31(37)33-27-13-7-4-8-14-27/h3,5-6,9-12,15-20,24,27H,4,7-8,13-14,21-22H2,1-2H3,(H,33,37)/t24-/m1/s1. The number of carbonyl (C=O) groups is 2. The number of nitrogens with zero attached hydrogens (tertiary/aromatic N) is 2. The van der Waals surface area contributed by atoms with Crippen LogP contribution in [-0.4, -0.2) is 43.8 Å². The second-order valence-electron chi connectivity index (χ2n) is 10.3. The van der Waals surface area contributed by atoms with Crippen molar-refractivity contribution in [1.82, 2.24) is 10.2 Å². The third-order valence-corrected chi connectivity index (χ3v) is 9.58. The van der Waals surface area contributed by atoms with E-state index in [0.717, 1.165) is 41.1 Å². The molecule has 3 aromatic rings. The third kappa shape index (κ3) is 7.52. The molecule has 2 amide bonds. The van der Waals surface area contributed by atoms with Crippen LogP contribution in [0.25, 0.3) is 0 Å². The quantitative estimate of drug-likeness (QED) is 0.308. The first kappa shape index (κ1) is 29.8. The molecule has 0 aliphatic heterocycles. The lowest BCUT2D eigenvalue weighted by atomic mass is 9.95. The molecule has 0 radical (unpaired) electrons. The van der Waals surface area contributed by atoms with Gasteiger partial charge in [0.15, 0.2) is 0 Å². The molecule has 1 atom stereocenters. The van der Waals surface area contributed by atoms with E-state index in [1.165, 1.54) is 11.3 Å². The number of anilines is 1. The Kier molecular flexibility index (Phi) is 10.0. The zero-order chi connectivity index (χ0) is 28.7. The van der Waals surface area contributed by atoms with Crippen molar-refractivity contribution >= 4 is 43.5 Å². The summed E-state index contributed by atoms with van der Waals surface area (Å²) in [6, 6.07) is 22.1. The van der Waals surface area contributed by atoms with Crippen LogP contribution in [0.15, 0.2) is 88.2 Å². The molecule has 0 bridgehead atoms. The van der Waals surface area contributed by atoms with Gasteiger partial charge in [0.2, 0.25) is 11.8 Å². The molecule has 1 aliphatic rings. The summed E-state index contributed by atoms with van der Waals surface area (Å²) in [7, 11) is -4.09. The van der Waals surface area contributed by atoms with E-state index in [1.807, 2.05) is 37.3 Å². The molecule has 1 N–H and O–H groups in total. The summed E-state index contributed by atoms with van der Waals surface area (Å²) in [6.07, 6.45) is 5.17. The van der Waals surface area contributed by atoms with Crippen LogP contribution in [0.1, 0.15) is 50.2 Å². The summed E-state index contributed by atoms with van der Waals surface area (Å²) in [5, 5.41) is 3.12. The highest BCUT2D eigenvalue weighted by atomic mass is 79.9. The number of carbonyl (C=O) groups excluding carboxylic acids is 2. The molecule has 0 unspecified atom stereocenters. The number of nitrogens with one attached hydrogen (secondary N) is 1. The fraction of sp³-hybridized carbons (Fsp3) is 0.355. The predicted octanol–water partition coefficient (Wildman–Crippen LogP) is 5.82. The van der Waals surface area contributed by atoms with Crippen molar-refractivity contribution in [2.75, 3.05) is 10.8 Å². The van der Waals surface area contributed by atoms with Gasteiger partial charge in [-0.05, 0) is 62.6 Å². The van der Waals surface area contributed by atoms with Gasteiger partial charge in [-0.3, -0.25) is 13.9 Å². The summed E-state index contributed by atoms with van der Waals surface area (Å²) in [5.41, 5.74) is 2.13. The minimum Gasteiger partial charge on any atom is -0.352 e. The first-order chi connectivity index (χ1) is 19.1. The van der Waals surface area contributed by atoms with Crippen molar-refractivity contribution in [2.45, 2.75) is 69.5 Å². The first-order valence-corrected chi connectivity index (χ1v) is 15.9. The molecular weight excluding hydrogens is 590 g/mol. The molecule has 1 fully saturated rings. The van der Waals surface area contributed by atoms with E-state index in [-0.39, 0.29) is 23.4 Å². The van der Waals surface area contributed by atoms with Crippen LogP contribution in [0.2, 0.25) is 0 Å². The van der Waals surface area contributed by atoms with E-state index in [4.69, 9.17) is 0 Å². The molecular formula is C31H36BrN3O4S. The van der Waals surface area contributed by atoms with Crippen LogP contribution in [0, 0.1) is 6.92 Å². The number of sulfonamides is 1. The summed E-state index contributed by atoms with van der Waals surface area (Å²) in [6.45, 7) is 3.31. The Morgan fingerprint density at radius 1 is 0.950 bits per heavy atom. The highest BCUT2D eigenvalue weighted by Gasteiger charge is 2.33. The van der Waals surface area contributed by atoms with Crippen molar-refractivity contribution in [3.8, 4) is 0 Å². The van der Waals surface area contributed by atoms with Gasteiger partial charge in [-0.2, -0.15) is 0 Å². The molecule has 212 valence electrons. The molecule has 4 rings (SSSR count). The highest BCUT2D eigenvalue weighted by Crippen LogP contribution is 2.27. The first-order valence-electron chi connectivity index (χ1n) is 13.6. The van der Waals surface area contributed by atoms with Crippen LogP contribution in [0.4, 0.5) is 5.69 Å². The van der Waals surface area contributed by atoms with Gasteiger partial charge >= 0.3 is 0 Å². The van der Waals surface area contributed by atoms with Crippen molar-refractivity contribution in [1.29, 1.82) is 0 Å². The van der Waals surface area contributed by atoms with Crippen molar-refractivity contribution < 1.29 is 18.0 Å². The molecule has 3 aromatic carbocycles. The molecule has 9 heteroatoms. The van der Waals surface area contributed by atoms with Crippen LogP contribution < -0.4 is 9.62 Å². The zero-order valence-electron chi connectivity index (χ0n) is 22.9. The lowest BCUT2D eigenvalue weighted by Crippen LogP contribution is -2.53. The Morgan fingerprint density at radius 3 is 2.27 bits per heavy atom. The van der Waals surface area contributed by atoms with Crippen LogP contribution >= 0.6 is 15.9 Å². The molecule has 7 nitrogen and oxygen atoms in total. The van der Waals surface area contributed by atoms with Crippen molar-refractivity contribution in [3.05, 3.63) is 94.5 Å². The molecule has 0 spiro atoms. The van der Waals surface area contributed by atoms with Crippen molar-refractivity contribution in [3.63, 3.8) is 0 Å². The number of aryl methyl sites for hydroxylation is 1. The van der Waals surface area contributed by atoms with Gasteiger partial charge in [0.05, 0.1) is 10.6 Å². The maximum atomic E-state index is 14.0. The maximum absolute atomic E-state index is 14.0. The van der Waals surface area contributed by atoms with Gasteiger partial charge in [0.25, 0.3) is 10.0 Å². The van der Waals surface area contributed by atoms with E-state index in [9.17, 15) is 18.0 Å². The van der Waals surface area contributed by atoms with Gasteiger partial charge in [0, 0.05) is 17.1 Å². The fourth-order valence-electron chi connectivity index (χ4n) is 4.93.